The molecule has 19 heavy (non-hydrogen) atoms. The molecule has 4 heteroatoms. The van der Waals surface area contributed by atoms with Gasteiger partial charge >= 0.3 is 0 Å². The van der Waals surface area contributed by atoms with Crippen LogP contribution in [-0.2, 0) is 0 Å². The number of hydrogen-bond acceptors (Lipinski definition) is 2. The first kappa shape index (κ1) is 14.0. The highest BCUT2D eigenvalue weighted by molar-refractivity contribution is 9.10. The van der Waals surface area contributed by atoms with Crippen molar-refractivity contribution >= 4 is 15.9 Å². The third kappa shape index (κ3) is 2.80. The molecule has 0 spiro atoms. The molecule has 2 N–H and O–H groups in total. The molecule has 2 rings (SSSR count). The molecule has 2 aromatic carbocycles. The van der Waals surface area contributed by atoms with Gasteiger partial charge in [0.05, 0.1) is 17.6 Å². The Kier molecular flexibility index (Phi) is 4.22. The smallest absolute Gasteiger partial charge is 0.142 e. The standard InChI is InChI=1S/C15H15BrFNO/c1-9-6-7-13(19-2)11(8-9)15(18)10-4-3-5-12(16)14(10)17/h3-8,15H,18H2,1-2H3. The van der Waals surface area contributed by atoms with E-state index in [2.05, 4.69) is 15.9 Å². The maximum absolute atomic E-state index is 14.1. The molecule has 2 aromatic rings. The van der Waals surface area contributed by atoms with Gasteiger partial charge in [0.15, 0.2) is 0 Å². The zero-order chi connectivity index (χ0) is 14.0. The van der Waals surface area contributed by atoms with E-state index in [1.807, 2.05) is 25.1 Å². The van der Waals surface area contributed by atoms with Gasteiger partial charge in [-0.05, 0) is 35.0 Å². The van der Waals surface area contributed by atoms with E-state index in [0.29, 0.717) is 15.8 Å². The van der Waals surface area contributed by atoms with Crippen molar-refractivity contribution in [1.82, 2.24) is 0 Å². The Morgan fingerprint density at radius 1 is 1.21 bits per heavy atom. The molecular formula is C15H15BrFNO. The summed E-state index contributed by atoms with van der Waals surface area (Å²) in [6, 6.07) is 10.2. The Labute approximate surface area is 120 Å². The first-order valence-electron chi connectivity index (χ1n) is 5.88. The number of rotatable bonds is 3. The molecule has 0 radical (unpaired) electrons. The van der Waals surface area contributed by atoms with Gasteiger partial charge in [0.2, 0.25) is 0 Å². The number of benzene rings is 2. The number of hydrogen-bond donors (Lipinski definition) is 1. The van der Waals surface area contributed by atoms with Crippen LogP contribution in [0, 0.1) is 12.7 Å². The van der Waals surface area contributed by atoms with Crippen molar-refractivity contribution in [2.24, 2.45) is 5.73 Å². The first-order chi connectivity index (χ1) is 9.04. The second-order valence-electron chi connectivity index (χ2n) is 4.37. The monoisotopic (exact) mass is 323 g/mol. The van der Waals surface area contributed by atoms with E-state index in [0.717, 1.165) is 11.1 Å². The molecule has 0 aliphatic rings. The quantitative estimate of drug-likeness (QED) is 0.928. The lowest BCUT2D eigenvalue weighted by molar-refractivity contribution is 0.407. The summed E-state index contributed by atoms with van der Waals surface area (Å²) in [4.78, 5) is 0. The zero-order valence-corrected chi connectivity index (χ0v) is 12.4. The average Bonchev–Trinajstić information content (AvgIpc) is 2.41. The second-order valence-corrected chi connectivity index (χ2v) is 5.22. The predicted molar refractivity (Wildman–Crippen MR) is 77.9 cm³/mol. The van der Waals surface area contributed by atoms with Crippen molar-refractivity contribution in [3.8, 4) is 5.75 Å². The molecule has 0 aliphatic heterocycles. The fraction of sp³-hybridized carbons (Fsp3) is 0.200. The van der Waals surface area contributed by atoms with Crippen LogP contribution in [0.5, 0.6) is 5.75 Å². The van der Waals surface area contributed by atoms with Gasteiger partial charge in [0.25, 0.3) is 0 Å². The lowest BCUT2D eigenvalue weighted by atomic mass is 9.97. The molecule has 100 valence electrons. The Balaban J connectivity index is 2.52. The summed E-state index contributed by atoms with van der Waals surface area (Å²) in [5.74, 6) is 0.330. The van der Waals surface area contributed by atoms with Gasteiger partial charge in [0.1, 0.15) is 11.6 Å². The lowest BCUT2D eigenvalue weighted by Gasteiger charge is -2.18. The number of nitrogens with two attached hydrogens (primary N) is 1. The van der Waals surface area contributed by atoms with E-state index in [-0.39, 0.29) is 5.82 Å². The van der Waals surface area contributed by atoms with Gasteiger partial charge in [-0.2, -0.15) is 0 Å². The van der Waals surface area contributed by atoms with Crippen LogP contribution in [-0.4, -0.2) is 7.11 Å². The van der Waals surface area contributed by atoms with E-state index >= 15 is 0 Å². The summed E-state index contributed by atoms with van der Waals surface area (Å²) in [7, 11) is 1.58. The van der Waals surface area contributed by atoms with Crippen LogP contribution < -0.4 is 10.5 Å². The lowest BCUT2D eigenvalue weighted by Crippen LogP contribution is -2.15. The zero-order valence-electron chi connectivity index (χ0n) is 10.8. The fourth-order valence-corrected chi connectivity index (χ4v) is 2.41. The van der Waals surface area contributed by atoms with E-state index in [1.54, 1.807) is 25.3 Å². The van der Waals surface area contributed by atoms with Gasteiger partial charge in [0, 0.05) is 11.1 Å². The molecular weight excluding hydrogens is 309 g/mol. The average molecular weight is 324 g/mol. The van der Waals surface area contributed by atoms with Crippen molar-refractivity contribution in [2.75, 3.05) is 7.11 Å². The van der Waals surface area contributed by atoms with Crippen LogP contribution in [0.3, 0.4) is 0 Å². The molecule has 2 nitrogen and oxygen atoms in total. The van der Waals surface area contributed by atoms with Crippen LogP contribution in [0.4, 0.5) is 4.39 Å². The highest BCUT2D eigenvalue weighted by Crippen LogP contribution is 2.32. The maximum atomic E-state index is 14.1. The number of halogens is 2. The minimum atomic E-state index is -0.563. The van der Waals surface area contributed by atoms with Crippen LogP contribution in [0.15, 0.2) is 40.9 Å². The van der Waals surface area contributed by atoms with Crippen molar-refractivity contribution in [3.05, 3.63) is 63.4 Å². The van der Waals surface area contributed by atoms with E-state index in [4.69, 9.17) is 10.5 Å². The Morgan fingerprint density at radius 2 is 1.95 bits per heavy atom. The summed E-state index contributed by atoms with van der Waals surface area (Å²) in [5.41, 5.74) is 8.47. The molecule has 0 fully saturated rings. The SMILES string of the molecule is COc1ccc(C)cc1C(N)c1cccc(Br)c1F. The number of ether oxygens (including phenoxy) is 1. The predicted octanol–water partition coefficient (Wildman–Crippen LogP) is 3.95. The van der Waals surface area contributed by atoms with Gasteiger partial charge in [-0.25, -0.2) is 4.39 Å². The molecule has 0 heterocycles. The first-order valence-corrected chi connectivity index (χ1v) is 6.68. The van der Waals surface area contributed by atoms with Crippen molar-refractivity contribution in [1.29, 1.82) is 0 Å². The van der Waals surface area contributed by atoms with Crippen molar-refractivity contribution < 1.29 is 9.13 Å². The van der Waals surface area contributed by atoms with Crippen LogP contribution >= 0.6 is 15.9 Å². The summed E-state index contributed by atoms with van der Waals surface area (Å²) in [5, 5.41) is 0. The number of aryl methyl sites for hydroxylation is 1. The highest BCUT2D eigenvalue weighted by atomic mass is 79.9. The van der Waals surface area contributed by atoms with E-state index < -0.39 is 6.04 Å². The molecule has 1 unspecified atom stereocenters. The Morgan fingerprint density at radius 3 is 2.63 bits per heavy atom. The molecule has 0 aromatic heterocycles. The molecule has 0 saturated carbocycles. The molecule has 0 amide bonds. The van der Waals surface area contributed by atoms with Crippen LogP contribution in [0.25, 0.3) is 0 Å². The number of methoxy groups -OCH3 is 1. The Bertz CT molecular complexity index is 601. The molecule has 1 atom stereocenters. The minimum Gasteiger partial charge on any atom is -0.496 e. The summed E-state index contributed by atoms with van der Waals surface area (Å²) in [6.07, 6.45) is 0. The Hall–Kier alpha value is -1.39. The van der Waals surface area contributed by atoms with Gasteiger partial charge in [-0.3, -0.25) is 0 Å². The largest absolute Gasteiger partial charge is 0.496 e. The van der Waals surface area contributed by atoms with Gasteiger partial charge in [-0.15, -0.1) is 0 Å². The third-order valence-electron chi connectivity index (χ3n) is 3.04. The minimum absolute atomic E-state index is 0.335. The van der Waals surface area contributed by atoms with Crippen molar-refractivity contribution in [3.63, 3.8) is 0 Å². The second kappa shape index (κ2) is 5.72. The van der Waals surface area contributed by atoms with Crippen LogP contribution in [0.1, 0.15) is 22.7 Å². The van der Waals surface area contributed by atoms with Crippen LogP contribution in [0.2, 0.25) is 0 Å². The molecule has 0 saturated heterocycles. The summed E-state index contributed by atoms with van der Waals surface area (Å²) in [6.45, 7) is 1.97. The normalized spacial score (nSPS) is 12.3. The molecule has 0 bridgehead atoms. The van der Waals surface area contributed by atoms with E-state index in [1.165, 1.54) is 0 Å². The summed E-state index contributed by atoms with van der Waals surface area (Å²) < 4.78 is 19.8. The summed E-state index contributed by atoms with van der Waals surface area (Å²) >= 11 is 3.18. The van der Waals surface area contributed by atoms with Gasteiger partial charge in [-0.1, -0.05) is 29.8 Å². The third-order valence-corrected chi connectivity index (χ3v) is 3.65. The highest BCUT2D eigenvalue weighted by Gasteiger charge is 2.18. The van der Waals surface area contributed by atoms with Gasteiger partial charge < -0.3 is 10.5 Å². The molecule has 0 aliphatic carbocycles. The maximum Gasteiger partial charge on any atom is 0.142 e. The fourth-order valence-electron chi connectivity index (χ4n) is 2.03. The van der Waals surface area contributed by atoms with Crippen molar-refractivity contribution in [2.45, 2.75) is 13.0 Å². The van der Waals surface area contributed by atoms with E-state index in [9.17, 15) is 4.39 Å². The topological polar surface area (TPSA) is 35.2 Å².